The van der Waals surface area contributed by atoms with E-state index in [0.717, 1.165) is 12.0 Å². The fourth-order valence-corrected chi connectivity index (χ4v) is 2.90. The predicted octanol–water partition coefficient (Wildman–Crippen LogP) is -0.144. The number of morpholine rings is 1. The molecule has 1 aliphatic heterocycles. The molecule has 30 heavy (non-hydrogen) atoms. The number of aliphatic hydroxyl groups is 1. The first kappa shape index (κ1) is 25.0. The Hall–Kier alpha value is -2.99. The first-order valence-corrected chi connectivity index (χ1v) is 9.51. The lowest BCUT2D eigenvalue weighted by atomic mass is 10.1. The average molecular weight is 415 g/mol. The Morgan fingerprint density at radius 3 is 2.47 bits per heavy atom. The third-order valence-corrected chi connectivity index (χ3v) is 4.65. The van der Waals surface area contributed by atoms with Crippen molar-refractivity contribution in [3.63, 3.8) is 0 Å². The molecule has 0 radical (unpaired) electrons. The number of ether oxygens (including phenoxy) is 1. The fraction of sp³-hybridized carbons (Fsp3) is 0.409. The van der Waals surface area contributed by atoms with Gasteiger partial charge in [-0.15, -0.1) is 13.2 Å². The molecule has 4 unspecified atom stereocenters. The summed E-state index contributed by atoms with van der Waals surface area (Å²) < 4.78 is 5.33. The zero-order valence-electron chi connectivity index (χ0n) is 16.9. The van der Waals surface area contributed by atoms with Crippen LogP contribution in [0, 0.1) is 23.7 Å². The fourth-order valence-electron chi connectivity index (χ4n) is 2.90. The molecule has 0 aromatic heterocycles. The van der Waals surface area contributed by atoms with E-state index >= 15 is 0 Å². The van der Waals surface area contributed by atoms with Crippen molar-refractivity contribution in [3.8, 4) is 11.8 Å². The number of nitrogens with one attached hydrogen (secondary N) is 2. The van der Waals surface area contributed by atoms with Crippen molar-refractivity contribution in [1.29, 1.82) is 0 Å². The Labute approximate surface area is 176 Å². The molecular weight excluding hydrogens is 386 g/mol. The molecule has 2 amide bonds. The Morgan fingerprint density at radius 2 is 1.97 bits per heavy atom. The number of carbonyl (C=O) groups is 3. The molecule has 162 valence electrons. The van der Waals surface area contributed by atoms with Gasteiger partial charge in [0.15, 0.2) is 0 Å². The lowest BCUT2D eigenvalue weighted by molar-refractivity contribution is -0.121. The quantitative estimate of drug-likeness (QED) is 0.391. The monoisotopic (exact) mass is 415 g/mol. The molecule has 2 aliphatic rings. The molecule has 1 aromatic rings. The van der Waals surface area contributed by atoms with E-state index in [1.807, 2.05) is 6.79 Å². The molecule has 1 heterocycles. The van der Waals surface area contributed by atoms with Crippen molar-refractivity contribution in [3.05, 3.63) is 48.6 Å². The van der Waals surface area contributed by atoms with Gasteiger partial charge in [-0.05, 0) is 36.6 Å². The third-order valence-electron chi connectivity index (χ3n) is 4.65. The summed E-state index contributed by atoms with van der Waals surface area (Å²) >= 11 is 0. The van der Waals surface area contributed by atoms with Crippen molar-refractivity contribution in [2.45, 2.75) is 18.5 Å². The molecule has 0 bridgehead atoms. The van der Waals surface area contributed by atoms with E-state index in [2.05, 4.69) is 35.6 Å². The molecular formula is C22H29N3O5. The van der Waals surface area contributed by atoms with Crippen molar-refractivity contribution in [1.82, 2.24) is 10.6 Å². The first-order valence-electron chi connectivity index (χ1n) is 9.51. The summed E-state index contributed by atoms with van der Waals surface area (Å²) in [5, 5.41) is 14.8. The largest absolute Gasteiger partial charge is 0.396 e. The second kappa shape index (κ2) is 13.3. The highest BCUT2D eigenvalue weighted by Crippen LogP contribution is 2.36. The minimum absolute atomic E-state index is 0.181. The van der Waals surface area contributed by atoms with Gasteiger partial charge < -0.3 is 31.0 Å². The summed E-state index contributed by atoms with van der Waals surface area (Å²) in [6, 6.07) is 5.68. The zero-order valence-corrected chi connectivity index (χ0v) is 16.9. The van der Waals surface area contributed by atoms with E-state index in [9.17, 15) is 9.59 Å². The molecule has 8 nitrogen and oxygen atoms in total. The molecule has 1 aromatic carbocycles. The Kier molecular flexibility index (Phi) is 11.1. The molecule has 1 saturated heterocycles. The second-order valence-electron chi connectivity index (χ2n) is 6.62. The minimum atomic E-state index is -0.840. The highest BCUT2D eigenvalue weighted by Gasteiger charge is 2.34. The van der Waals surface area contributed by atoms with Crippen molar-refractivity contribution < 1.29 is 24.2 Å². The maximum absolute atomic E-state index is 12.4. The minimum Gasteiger partial charge on any atom is -0.396 e. The van der Waals surface area contributed by atoms with Crippen LogP contribution >= 0.6 is 0 Å². The number of amides is 2. The average Bonchev–Trinajstić information content (AvgIpc) is 3.58. The van der Waals surface area contributed by atoms with Crippen LogP contribution in [0.25, 0.3) is 0 Å². The summed E-state index contributed by atoms with van der Waals surface area (Å²) in [7, 11) is 0. The topological polar surface area (TPSA) is 131 Å². The van der Waals surface area contributed by atoms with Crippen molar-refractivity contribution in [2.24, 2.45) is 17.6 Å². The van der Waals surface area contributed by atoms with Crippen LogP contribution in [0.1, 0.15) is 22.3 Å². The number of nitrogens with two attached hydrogens (primary N) is 1. The number of benzene rings is 1. The summed E-state index contributed by atoms with van der Waals surface area (Å²) in [4.78, 5) is 32.1. The van der Waals surface area contributed by atoms with Crippen LogP contribution in [0.2, 0.25) is 0 Å². The van der Waals surface area contributed by atoms with Gasteiger partial charge in [0, 0.05) is 30.2 Å². The first-order chi connectivity index (χ1) is 14.6. The molecule has 1 saturated carbocycles. The van der Waals surface area contributed by atoms with Crippen molar-refractivity contribution >= 4 is 18.6 Å². The zero-order chi connectivity index (χ0) is 22.5. The van der Waals surface area contributed by atoms with Gasteiger partial charge in [0.2, 0.25) is 5.91 Å². The number of aliphatic hydroxyl groups excluding tert-OH is 1. The summed E-state index contributed by atoms with van der Waals surface area (Å²) in [5.41, 5.74) is 6.66. The second-order valence-corrected chi connectivity index (χ2v) is 6.62. The molecule has 8 heteroatoms. The molecule has 0 spiro atoms. The van der Waals surface area contributed by atoms with E-state index in [4.69, 9.17) is 20.4 Å². The van der Waals surface area contributed by atoms with Crippen molar-refractivity contribution in [2.75, 3.05) is 26.4 Å². The van der Waals surface area contributed by atoms with Crippen LogP contribution in [-0.2, 0) is 14.3 Å². The van der Waals surface area contributed by atoms with Crippen LogP contribution in [0.3, 0.4) is 0 Å². The van der Waals surface area contributed by atoms with Gasteiger partial charge in [0.1, 0.15) is 12.8 Å². The van der Waals surface area contributed by atoms with Crippen LogP contribution in [0.4, 0.5) is 0 Å². The van der Waals surface area contributed by atoms with Crippen LogP contribution in [0.15, 0.2) is 37.4 Å². The highest BCUT2D eigenvalue weighted by molar-refractivity contribution is 5.97. The maximum Gasteiger partial charge on any atom is 0.251 e. The molecule has 4 atom stereocenters. The molecule has 2 fully saturated rings. The van der Waals surface area contributed by atoms with Gasteiger partial charge in [-0.25, -0.2) is 0 Å². The predicted molar refractivity (Wildman–Crippen MR) is 113 cm³/mol. The summed E-state index contributed by atoms with van der Waals surface area (Å²) in [6.45, 7) is 9.67. The van der Waals surface area contributed by atoms with Gasteiger partial charge in [0.05, 0.1) is 19.3 Å². The number of hydrogen-bond donors (Lipinski definition) is 4. The van der Waals surface area contributed by atoms with Gasteiger partial charge in [-0.3, -0.25) is 9.59 Å². The lowest BCUT2D eigenvalue weighted by Gasteiger charge is -2.29. The van der Waals surface area contributed by atoms with E-state index in [1.54, 1.807) is 24.3 Å². The molecule has 5 N–H and O–H groups in total. The van der Waals surface area contributed by atoms with Gasteiger partial charge in [0.25, 0.3) is 5.91 Å². The highest BCUT2D eigenvalue weighted by atomic mass is 16.5. The van der Waals surface area contributed by atoms with E-state index < -0.39 is 11.9 Å². The van der Waals surface area contributed by atoms with Crippen LogP contribution < -0.4 is 16.4 Å². The Morgan fingerprint density at radius 1 is 1.30 bits per heavy atom. The Bertz CT molecular complexity index is 748. The van der Waals surface area contributed by atoms with Crippen LogP contribution in [-0.4, -0.2) is 62.2 Å². The third kappa shape index (κ3) is 7.44. The number of carbonyl (C=O) groups excluding carboxylic acids is 3. The SMILES string of the molecule is C=C.C=O.NC(=O)C(NC(=O)c1ccc(C#CC2CC2CO)cc1)C1COCCN1. The Balaban J connectivity index is 0.00000106. The lowest BCUT2D eigenvalue weighted by Crippen LogP contribution is -2.60. The van der Waals surface area contributed by atoms with E-state index in [0.29, 0.717) is 31.2 Å². The maximum atomic E-state index is 12.4. The van der Waals surface area contributed by atoms with E-state index in [-0.39, 0.29) is 24.5 Å². The summed E-state index contributed by atoms with van der Waals surface area (Å²) in [6.07, 6.45) is 0.942. The van der Waals surface area contributed by atoms with Gasteiger partial charge in [-0.1, -0.05) is 11.8 Å². The van der Waals surface area contributed by atoms with Gasteiger partial charge in [-0.2, -0.15) is 0 Å². The number of rotatable bonds is 5. The van der Waals surface area contributed by atoms with E-state index in [1.165, 1.54) is 0 Å². The molecule has 1 aliphatic carbocycles. The van der Waals surface area contributed by atoms with Gasteiger partial charge >= 0.3 is 0 Å². The standard InChI is InChI=1S/C19H23N3O4.C2H4.CH2O/c20-18(24)17(16-11-26-8-7-21-16)22-19(25)13-4-1-12(2-5-13)3-6-14-9-15(14)10-23;2*1-2/h1-2,4-5,14-17,21,23H,7-11H2,(H2,20,24)(H,22,25);1-2H2;1H2. The van der Waals surface area contributed by atoms with Crippen LogP contribution in [0.5, 0.6) is 0 Å². The normalized spacial score (nSPS) is 22.4. The summed E-state index contributed by atoms with van der Waals surface area (Å²) in [5.74, 6) is 5.77. The smallest absolute Gasteiger partial charge is 0.251 e. The number of hydrogen-bond acceptors (Lipinski definition) is 6. The number of primary amides is 1. The molecule has 3 rings (SSSR count).